The normalized spacial score (nSPS) is 16.9. The van der Waals surface area contributed by atoms with E-state index in [9.17, 15) is 0 Å². The largest absolute Gasteiger partial charge is 0.382 e. The number of aliphatic imine (C=N–C) groups is 1. The third kappa shape index (κ3) is 9.62. The van der Waals surface area contributed by atoms with Crippen molar-refractivity contribution in [2.45, 2.75) is 19.8 Å². The first kappa shape index (κ1) is 24.0. The standard InChI is InChI=1S/C20H34N4O2.HI/c1-3-21-20(22-11-7-13-26-15-14-25-2)23-16-18-10-12-24(17-18)19-8-5-4-6-9-19;/h4-6,8-9,18H,3,7,10-17H2,1-2H3,(H2,21,22,23);1H. The molecular weight excluding hydrogens is 455 g/mol. The van der Waals surface area contributed by atoms with Gasteiger partial charge in [0.05, 0.1) is 13.2 Å². The molecule has 2 N–H and O–H groups in total. The van der Waals surface area contributed by atoms with Crippen LogP contribution in [-0.2, 0) is 9.47 Å². The highest BCUT2D eigenvalue weighted by Crippen LogP contribution is 2.23. The van der Waals surface area contributed by atoms with E-state index in [2.05, 4.69) is 52.8 Å². The Kier molecular flexibility index (Phi) is 13.3. The minimum absolute atomic E-state index is 0. The molecule has 1 atom stereocenters. The molecule has 1 saturated heterocycles. The summed E-state index contributed by atoms with van der Waals surface area (Å²) < 4.78 is 10.4. The van der Waals surface area contributed by atoms with Crippen LogP contribution in [0.2, 0.25) is 0 Å². The van der Waals surface area contributed by atoms with Crippen LogP contribution in [0.1, 0.15) is 19.8 Å². The van der Waals surface area contributed by atoms with Crippen molar-refractivity contribution in [2.24, 2.45) is 10.9 Å². The predicted molar refractivity (Wildman–Crippen MR) is 123 cm³/mol. The first-order valence-corrected chi connectivity index (χ1v) is 9.72. The van der Waals surface area contributed by atoms with Gasteiger partial charge < -0.3 is 25.0 Å². The fourth-order valence-electron chi connectivity index (χ4n) is 3.04. The number of hydrogen-bond donors (Lipinski definition) is 2. The maximum atomic E-state index is 5.48. The molecule has 1 aromatic rings. The van der Waals surface area contributed by atoms with Crippen molar-refractivity contribution >= 4 is 35.6 Å². The number of nitrogens with one attached hydrogen (secondary N) is 2. The van der Waals surface area contributed by atoms with Crippen LogP contribution in [0, 0.1) is 5.92 Å². The van der Waals surface area contributed by atoms with E-state index in [0.29, 0.717) is 19.1 Å². The van der Waals surface area contributed by atoms with Gasteiger partial charge in [-0.25, -0.2) is 0 Å². The Bertz CT molecular complexity index is 516. The van der Waals surface area contributed by atoms with Gasteiger partial charge in [-0.3, -0.25) is 4.99 Å². The van der Waals surface area contributed by atoms with Crippen LogP contribution in [0.4, 0.5) is 5.69 Å². The van der Waals surface area contributed by atoms with Crippen LogP contribution in [0.3, 0.4) is 0 Å². The lowest BCUT2D eigenvalue weighted by Gasteiger charge is -2.18. The van der Waals surface area contributed by atoms with E-state index in [4.69, 9.17) is 14.5 Å². The van der Waals surface area contributed by atoms with Gasteiger partial charge in [-0.1, -0.05) is 18.2 Å². The van der Waals surface area contributed by atoms with Crippen LogP contribution in [0.25, 0.3) is 0 Å². The Hall–Kier alpha value is -1.06. The Balaban J connectivity index is 0.00000364. The highest BCUT2D eigenvalue weighted by atomic mass is 127. The van der Waals surface area contributed by atoms with Crippen molar-refractivity contribution in [3.63, 3.8) is 0 Å². The number of ether oxygens (including phenoxy) is 2. The van der Waals surface area contributed by atoms with E-state index in [0.717, 1.165) is 51.7 Å². The van der Waals surface area contributed by atoms with E-state index >= 15 is 0 Å². The first-order chi connectivity index (χ1) is 12.8. The number of nitrogens with zero attached hydrogens (tertiary/aromatic N) is 2. The molecule has 0 radical (unpaired) electrons. The van der Waals surface area contributed by atoms with Crippen molar-refractivity contribution in [2.75, 3.05) is 64.6 Å². The van der Waals surface area contributed by atoms with Gasteiger partial charge in [0.2, 0.25) is 0 Å². The Morgan fingerprint density at radius 2 is 2.00 bits per heavy atom. The number of rotatable bonds is 11. The average Bonchev–Trinajstić information content (AvgIpc) is 3.15. The van der Waals surface area contributed by atoms with Crippen molar-refractivity contribution in [3.8, 4) is 0 Å². The molecule has 1 aliphatic rings. The lowest BCUT2D eigenvalue weighted by Crippen LogP contribution is -2.38. The summed E-state index contributed by atoms with van der Waals surface area (Å²) in [5, 5.41) is 6.72. The van der Waals surface area contributed by atoms with Crippen molar-refractivity contribution < 1.29 is 9.47 Å². The summed E-state index contributed by atoms with van der Waals surface area (Å²) >= 11 is 0. The molecule has 1 unspecified atom stereocenters. The number of para-hydroxylation sites is 1. The molecule has 6 nitrogen and oxygen atoms in total. The van der Waals surface area contributed by atoms with Gasteiger partial charge in [-0.15, -0.1) is 24.0 Å². The first-order valence-electron chi connectivity index (χ1n) is 9.72. The van der Waals surface area contributed by atoms with Crippen LogP contribution in [0.5, 0.6) is 0 Å². The second kappa shape index (κ2) is 14.9. The highest BCUT2D eigenvalue weighted by Gasteiger charge is 2.22. The molecule has 0 aromatic heterocycles. The highest BCUT2D eigenvalue weighted by molar-refractivity contribution is 14.0. The van der Waals surface area contributed by atoms with Crippen LogP contribution in [0.15, 0.2) is 35.3 Å². The van der Waals surface area contributed by atoms with Gasteiger partial charge in [0.15, 0.2) is 5.96 Å². The molecule has 0 amide bonds. The van der Waals surface area contributed by atoms with Gasteiger partial charge in [0.1, 0.15) is 0 Å². The van der Waals surface area contributed by atoms with E-state index in [-0.39, 0.29) is 24.0 Å². The molecule has 0 aliphatic carbocycles. The smallest absolute Gasteiger partial charge is 0.191 e. The molecule has 1 aromatic carbocycles. The van der Waals surface area contributed by atoms with Gasteiger partial charge in [-0.05, 0) is 37.8 Å². The van der Waals surface area contributed by atoms with Gasteiger partial charge in [0.25, 0.3) is 0 Å². The SMILES string of the molecule is CCNC(=NCC1CCN(c2ccccc2)C1)NCCCOCCOC.I. The maximum Gasteiger partial charge on any atom is 0.191 e. The quantitative estimate of drug-likeness (QED) is 0.216. The lowest BCUT2D eigenvalue weighted by atomic mass is 10.1. The Morgan fingerprint density at radius 3 is 2.74 bits per heavy atom. The summed E-state index contributed by atoms with van der Waals surface area (Å²) in [7, 11) is 1.69. The molecule has 154 valence electrons. The Morgan fingerprint density at radius 1 is 1.19 bits per heavy atom. The number of hydrogen-bond acceptors (Lipinski definition) is 4. The fraction of sp³-hybridized carbons (Fsp3) is 0.650. The lowest BCUT2D eigenvalue weighted by molar-refractivity contribution is 0.0698. The number of anilines is 1. The summed E-state index contributed by atoms with van der Waals surface area (Å²) in [6.07, 6.45) is 2.16. The molecule has 7 heteroatoms. The Labute approximate surface area is 181 Å². The van der Waals surface area contributed by atoms with Crippen LogP contribution < -0.4 is 15.5 Å². The zero-order chi connectivity index (χ0) is 18.5. The number of methoxy groups -OCH3 is 1. The van der Waals surface area contributed by atoms with Crippen LogP contribution >= 0.6 is 24.0 Å². The molecule has 1 aliphatic heterocycles. The van der Waals surface area contributed by atoms with Gasteiger partial charge in [-0.2, -0.15) is 0 Å². The second-order valence-electron chi connectivity index (χ2n) is 6.54. The van der Waals surface area contributed by atoms with Crippen molar-refractivity contribution in [3.05, 3.63) is 30.3 Å². The van der Waals surface area contributed by atoms with Gasteiger partial charge in [0, 0.05) is 52.1 Å². The minimum Gasteiger partial charge on any atom is -0.382 e. The maximum absolute atomic E-state index is 5.48. The van der Waals surface area contributed by atoms with Crippen LogP contribution in [-0.4, -0.2) is 65.6 Å². The third-order valence-electron chi connectivity index (χ3n) is 4.45. The van der Waals surface area contributed by atoms with Crippen molar-refractivity contribution in [1.29, 1.82) is 0 Å². The number of halogens is 1. The predicted octanol–water partition coefficient (Wildman–Crippen LogP) is 2.74. The molecule has 27 heavy (non-hydrogen) atoms. The molecule has 1 fully saturated rings. The second-order valence-corrected chi connectivity index (χ2v) is 6.54. The molecule has 1 heterocycles. The topological polar surface area (TPSA) is 58.1 Å². The molecule has 2 rings (SSSR count). The molecule has 0 spiro atoms. The minimum atomic E-state index is 0. The summed E-state index contributed by atoms with van der Waals surface area (Å²) in [5.74, 6) is 1.52. The molecule has 0 saturated carbocycles. The summed E-state index contributed by atoms with van der Waals surface area (Å²) in [6, 6.07) is 10.6. The van der Waals surface area contributed by atoms with E-state index in [1.54, 1.807) is 7.11 Å². The van der Waals surface area contributed by atoms with Gasteiger partial charge >= 0.3 is 0 Å². The average molecular weight is 490 g/mol. The summed E-state index contributed by atoms with van der Waals surface area (Å²) in [6.45, 7) is 8.94. The van der Waals surface area contributed by atoms with E-state index in [1.807, 2.05) is 0 Å². The third-order valence-corrected chi connectivity index (χ3v) is 4.45. The van der Waals surface area contributed by atoms with E-state index in [1.165, 1.54) is 12.1 Å². The fourth-order valence-corrected chi connectivity index (χ4v) is 3.04. The summed E-state index contributed by atoms with van der Waals surface area (Å²) in [4.78, 5) is 7.23. The van der Waals surface area contributed by atoms with E-state index < -0.39 is 0 Å². The van der Waals surface area contributed by atoms with Crippen molar-refractivity contribution in [1.82, 2.24) is 10.6 Å². The summed E-state index contributed by atoms with van der Waals surface area (Å²) in [5.41, 5.74) is 1.32. The molecular formula is C20H35IN4O2. The zero-order valence-electron chi connectivity index (χ0n) is 16.7. The molecule has 0 bridgehead atoms. The monoisotopic (exact) mass is 490 g/mol. The zero-order valence-corrected chi connectivity index (χ0v) is 19.0. The number of benzene rings is 1. The number of guanidine groups is 1.